The molecular formula is C90H101Cl5N12O14S4. The number of aromatic carboxylic acids is 1. The molecule has 0 saturated carbocycles. The first-order valence-electron chi connectivity index (χ1n) is 40.3. The molecule has 4 atom stereocenters. The minimum Gasteiger partial charge on any atom is -0.478 e. The van der Waals surface area contributed by atoms with E-state index in [-0.39, 0.29) is 106 Å². The van der Waals surface area contributed by atoms with Gasteiger partial charge in [-0.1, -0.05) is 95.6 Å². The van der Waals surface area contributed by atoms with Gasteiger partial charge in [0.25, 0.3) is 41.4 Å². The Morgan fingerprint density at radius 1 is 0.424 bits per heavy atom. The highest BCUT2D eigenvalue weighted by Gasteiger charge is 2.35. The van der Waals surface area contributed by atoms with Crippen molar-refractivity contribution < 1.29 is 67.3 Å². The number of nitrogens with two attached hydrogens (primary N) is 1. The number of carbonyl (C=O) groups excluding carboxylic acids is 10. The number of amides is 10. The number of hydrogen-bond acceptors (Lipinski definition) is 19. The SMILES string of the molecule is CC(=O)N1CCCC1CNC(=O)c1ccc2c(c1)NC(=O)c1ccccc1S2.CC(C)(C)OC(=O)N1CCCC1CN.CC(C)(C)OC(=O)N1CCCC1CNC(=O)c1ccc2c(c1)NC(=O)c1ccccc1S2.Cl.ClCCl.ClCCl.O=C(NCC1CCCN1)c1ccc2c(c1)NC(=O)c1ccccc1S2.O=C(O)c1ccc2c(c1)NC(=O)c1ccccc1S2. The van der Waals surface area contributed by atoms with Crippen molar-refractivity contribution in [3.63, 3.8) is 0 Å². The topological polar surface area (TPSA) is 358 Å². The van der Waals surface area contributed by atoms with Gasteiger partial charge in [0.15, 0.2) is 0 Å². The lowest BCUT2D eigenvalue weighted by atomic mass is 10.1. The quantitative estimate of drug-likeness (QED) is 0.0538. The Labute approximate surface area is 770 Å². The van der Waals surface area contributed by atoms with Crippen LogP contribution in [0.5, 0.6) is 0 Å². The van der Waals surface area contributed by atoms with Gasteiger partial charge < -0.3 is 77.5 Å². The van der Waals surface area contributed by atoms with Crippen LogP contribution in [0.3, 0.4) is 0 Å². The molecule has 4 saturated heterocycles. The molecule has 0 bridgehead atoms. The number of nitrogens with zero attached hydrogens (tertiary/aromatic N) is 3. The van der Waals surface area contributed by atoms with E-state index in [9.17, 15) is 52.7 Å². The summed E-state index contributed by atoms with van der Waals surface area (Å²) in [5, 5.41) is 33.0. The lowest BCUT2D eigenvalue weighted by Gasteiger charge is -2.28. The van der Waals surface area contributed by atoms with Gasteiger partial charge in [-0.3, -0.25) is 38.4 Å². The van der Waals surface area contributed by atoms with E-state index in [2.05, 4.69) is 42.5 Å². The number of carboxylic acid groups (broad SMARTS) is 1. The number of halogens is 5. The lowest BCUT2D eigenvalue weighted by molar-refractivity contribution is -0.129. The highest BCUT2D eigenvalue weighted by molar-refractivity contribution is 8.00. The van der Waals surface area contributed by atoms with Crippen LogP contribution in [0.4, 0.5) is 32.3 Å². The van der Waals surface area contributed by atoms with Crippen molar-refractivity contribution in [2.75, 3.05) is 84.3 Å². The zero-order chi connectivity index (χ0) is 89.4. The summed E-state index contributed by atoms with van der Waals surface area (Å²) in [6.45, 7) is 17.8. The number of likely N-dealkylation sites (tertiary alicyclic amines) is 3. The number of nitrogens with one attached hydrogen (secondary N) is 8. The molecule has 8 aliphatic rings. The first-order chi connectivity index (χ1) is 59.4. The third-order valence-electron chi connectivity index (χ3n) is 20.1. The molecule has 4 fully saturated rings. The third kappa shape index (κ3) is 28.1. The van der Waals surface area contributed by atoms with Crippen LogP contribution in [-0.4, -0.2) is 184 Å². The molecule has 8 heterocycles. The van der Waals surface area contributed by atoms with E-state index in [1.165, 1.54) is 59.2 Å². The van der Waals surface area contributed by atoms with Crippen molar-refractivity contribution in [3.05, 3.63) is 214 Å². The van der Waals surface area contributed by atoms with Gasteiger partial charge in [0.05, 0.1) is 67.3 Å². The van der Waals surface area contributed by atoms with E-state index in [1.807, 2.05) is 144 Å². The van der Waals surface area contributed by atoms with Crippen LogP contribution in [0.15, 0.2) is 209 Å². The molecule has 8 aromatic carbocycles. The van der Waals surface area contributed by atoms with Gasteiger partial charge in [-0.15, -0.1) is 58.8 Å². The summed E-state index contributed by atoms with van der Waals surface area (Å²) in [5.74, 6) is -2.27. The number of rotatable bonds is 11. The van der Waals surface area contributed by atoms with Crippen LogP contribution in [0, 0.1) is 0 Å². The molecule has 8 aliphatic heterocycles. The van der Waals surface area contributed by atoms with E-state index in [4.69, 9.17) is 66.7 Å². The molecule has 4 unspecified atom stereocenters. The number of carbonyl (C=O) groups is 11. The zero-order valence-corrected chi connectivity index (χ0v) is 77.0. The Balaban J connectivity index is 0.000000177. The first kappa shape index (κ1) is 99.1. The summed E-state index contributed by atoms with van der Waals surface area (Å²) >= 11 is 25.0. The average Bonchev–Trinajstić information content (AvgIpc) is 1.69. The molecule has 26 nitrogen and oxygen atoms in total. The van der Waals surface area contributed by atoms with Crippen molar-refractivity contribution in [2.45, 2.75) is 174 Å². The second-order valence-corrected chi connectivity index (χ2v) is 37.1. The molecule has 0 aliphatic carbocycles. The van der Waals surface area contributed by atoms with Crippen LogP contribution in [0.1, 0.15) is 183 Å². The van der Waals surface area contributed by atoms with E-state index >= 15 is 0 Å². The van der Waals surface area contributed by atoms with Gasteiger partial charge >= 0.3 is 18.2 Å². The van der Waals surface area contributed by atoms with Crippen molar-refractivity contribution in [1.82, 2.24) is 36.0 Å². The summed E-state index contributed by atoms with van der Waals surface area (Å²) in [5.41, 5.74) is 11.2. The van der Waals surface area contributed by atoms with Crippen molar-refractivity contribution in [2.24, 2.45) is 5.73 Å². The van der Waals surface area contributed by atoms with Gasteiger partial charge in [-0.05, 0) is 221 Å². The molecule has 10 amide bonds. The zero-order valence-electron chi connectivity index (χ0n) is 69.9. The molecule has 0 radical (unpaired) electrons. The fourth-order valence-corrected chi connectivity index (χ4v) is 18.3. The predicted octanol–water partition coefficient (Wildman–Crippen LogP) is 18.3. The number of ether oxygens (including phenoxy) is 2. The van der Waals surface area contributed by atoms with Crippen LogP contribution in [0.25, 0.3) is 0 Å². The molecule has 16 rings (SSSR count). The van der Waals surface area contributed by atoms with E-state index < -0.39 is 17.2 Å². The summed E-state index contributed by atoms with van der Waals surface area (Å²) < 4.78 is 10.8. The van der Waals surface area contributed by atoms with Gasteiger partial charge in [0.1, 0.15) is 11.2 Å². The number of fused-ring (bicyclic) bond motifs is 8. The summed E-state index contributed by atoms with van der Waals surface area (Å²) in [4.78, 5) is 146. The Morgan fingerprint density at radius 2 is 0.720 bits per heavy atom. The van der Waals surface area contributed by atoms with Crippen molar-refractivity contribution in [1.29, 1.82) is 0 Å². The number of anilines is 4. The first-order valence-corrected chi connectivity index (χ1v) is 45.7. The maximum Gasteiger partial charge on any atom is 0.410 e. The molecule has 8 aromatic rings. The van der Waals surface area contributed by atoms with E-state index in [1.54, 1.807) is 77.4 Å². The van der Waals surface area contributed by atoms with Crippen LogP contribution in [0.2, 0.25) is 0 Å². The Bertz CT molecular complexity index is 5230. The monoisotopic (exact) mass is 1880 g/mol. The number of alkyl halides is 4. The highest BCUT2D eigenvalue weighted by atomic mass is 35.5. The minimum atomic E-state index is -1.01. The summed E-state index contributed by atoms with van der Waals surface area (Å²) in [6.07, 6.45) is 7.24. The standard InChI is InChI=1S/C24H27N3O4S.C21H21N3O3S.C19H19N3O2S.C14H9NO3S.C10H20N2O2.2CH2Cl2.ClH/c1-24(2,3)31-23(30)27-12-6-7-16(27)14-25-21(28)15-10-11-20-18(13-15)26-22(29)17-8-4-5-9-19(17)32-20;1-13(25)24-10-4-5-15(24)12-22-20(26)14-8-9-19-17(11-14)23-21(27)16-6-2-3-7-18(16)28-19;23-18(21-11-13-4-3-9-20-13)12-7-8-17-15(10-12)22-19(24)14-5-1-2-6-16(14)25-17;16-13-9-3-1-2-4-11(9)19-12-6-5-8(14(17)18)7-10(12)15-13;1-10(2,3)14-9(13)12-6-4-5-8(12)7-11;2*2-1-3;/h4-5,8-11,13,16H,6-7,12,14H2,1-3H3,(H,25,28)(H,26,29);2-3,6-9,11,15H,4-5,10,12H2,1H3,(H,22,26)(H,23,27);1-2,5-8,10,13,20H,3-4,9,11H2,(H,21,23)(H,22,24);1-7H,(H,15,16)(H,17,18);8H,4-7,11H2,1-3H3;2*1H2;1H. The molecule has 11 N–H and O–H groups in total. The maximum atomic E-state index is 12.8. The Morgan fingerprint density at radius 3 is 1.03 bits per heavy atom. The number of benzene rings is 8. The fraction of sp³-hybridized carbons (Fsp3) is 0.344. The van der Waals surface area contributed by atoms with Gasteiger partial charge in [-0.25, -0.2) is 14.4 Å². The largest absolute Gasteiger partial charge is 0.478 e. The molecule has 664 valence electrons. The van der Waals surface area contributed by atoms with Gasteiger partial charge in [0, 0.05) is 127 Å². The second kappa shape index (κ2) is 47.2. The molecule has 0 spiro atoms. The lowest BCUT2D eigenvalue weighted by Crippen LogP contribution is -2.45. The van der Waals surface area contributed by atoms with Crippen LogP contribution >= 0.6 is 106 Å². The summed E-state index contributed by atoms with van der Waals surface area (Å²) in [6, 6.07) is 51.0. The minimum absolute atomic E-state index is 0. The maximum absolute atomic E-state index is 12.8. The number of carboxylic acids is 1. The van der Waals surface area contributed by atoms with Gasteiger partial charge in [0.2, 0.25) is 5.91 Å². The predicted molar refractivity (Wildman–Crippen MR) is 497 cm³/mol. The van der Waals surface area contributed by atoms with Crippen LogP contribution < -0.4 is 48.3 Å². The second-order valence-electron chi connectivity index (χ2n) is 31.2. The molecule has 0 aromatic heterocycles. The average molecular weight is 1880 g/mol. The van der Waals surface area contributed by atoms with E-state index in [0.29, 0.717) is 100 Å². The smallest absolute Gasteiger partial charge is 0.410 e. The Kier molecular flexibility index (Phi) is 37.4. The van der Waals surface area contributed by atoms with Crippen molar-refractivity contribution >= 4 is 194 Å². The van der Waals surface area contributed by atoms with Gasteiger partial charge in [-0.2, -0.15) is 0 Å². The number of hydrogen-bond donors (Lipinski definition) is 10. The highest BCUT2D eigenvalue weighted by Crippen LogP contribution is 2.44. The molecular weight excluding hydrogens is 1780 g/mol. The summed E-state index contributed by atoms with van der Waals surface area (Å²) in [7, 11) is 0. The Hall–Kier alpha value is -9.70. The fourth-order valence-electron chi connectivity index (χ4n) is 14.2. The normalized spacial score (nSPS) is 17.1. The van der Waals surface area contributed by atoms with Crippen LogP contribution in [-0.2, 0) is 14.3 Å². The third-order valence-corrected chi connectivity index (χ3v) is 24.7. The van der Waals surface area contributed by atoms with Crippen molar-refractivity contribution in [3.8, 4) is 0 Å². The molecule has 125 heavy (non-hydrogen) atoms. The van der Waals surface area contributed by atoms with E-state index in [0.717, 1.165) is 110 Å². The molecule has 35 heteroatoms.